The van der Waals surface area contributed by atoms with Gasteiger partial charge in [0, 0.05) is 37.0 Å². The van der Waals surface area contributed by atoms with Gasteiger partial charge in [0.2, 0.25) is 0 Å². The molecule has 0 saturated carbocycles. The molecule has 23 heavy (non-hydrogen) atoms. The third-order valence-electron chi connectivity index (χ3n) is 3.47. The lowest BCUT2D eigenvalue weighted by Gasteiger charge is -2.27. The van der Waals surface area contributed by atoms with Gasteiger partial charge in [0.05, 0.1) is 18.1 Å². The first kappa shape index (κ1) is 15.7. The molecule has 2 aromatic rings. The highest BCUT2D eigenvalue weighted by atomic mass is 32.2. The molecule has 7 nitrogen and oxygen atoms in total. The summed E-state index contributed by atoms with van der Waals surface area (Å²) in [6, 6.07) is 8.62. The van der Waals surface area contributed by atoms with Crippen molar-refractivity contribution in [2.45, 2.75) is 10.8 Å². The van der Waals surface area contributed by atoms with Crippen LogP contribution in [0.1, 0.15) is 5.56 Å². The van der Waals surface area contributed by atoms with Crippen LogP contribution in [-0.4, -0.2) is 41.2 Å². The van der Waals surface area contributed by atoms with Crippen LogP contribution in [0.15, 0.2) is 41.7 Å². The average Bonchev–Trinajstić information content (AvgIpc) is 2.61. The van der Waals surface area contributed by atoms with Crippen LogP contribution in [0.25, 0.3) is 0 Å². The van der Waals surface area contributed by atoms with Crippen molar-refractivity contribution in [1.82, 2.24) is 9.97 Å². The Balaban J connectivity index is 1.66. The van der Waals surface area contributed by atoms with E-state index in [1.165, 1.54) is 6.07 Å². The number of anilines is 1. The SMILES string of the molecule is O=[N+]([O-])c1cccc(CSc2cc(N3CCOCC3)ncn2)c1. The number of rotatable bonds is 5. The van der Waals surface area contributed by atoms with E-state index in [9.17, 15) is 10.1 Å². The summed E-state index contributed by atoms with van der Waals surface area (Å²) in [5, 5.41) is 11.7. The average molecular weight is 332 g/mol. The van der Waals surface area contributed by atoms with Crippen LogP contribution in [0, 0.1) is 10.1 Å². The fourth-order valence-corrected chi connectivity index (χ4v) is 3.10. The summed E-state index contributed by atoms with van der Waals surface area (Å²) in [6.07, 6.45) is 1.56. The first-order chi connectivity index (χ1) is 11.2. The summed E-state index contributed by atoms with van der Waals surface area (Å²) in [6.45, 7) is 3.07. The van der Waals surface area contributed by atoms with Crippen molar-refractivity contribution < 1.29 is 9.66 Å². The predicted octanol–water partition coefficient (Wildman–Crippen LogP) is 2.51. The number of nitrogens with zero attached hydrogens (tertiary/aromatic N) is 4. The summed E-state index contributed by atoms with van der Waals surface area (Å²) in [5.74, 6) is 1.52. The third kappa shape index (κ3) is 4.17. The molecule has 8 heteroatoms. The first-order valence-corrected chi connectivity index (χ1v) is 8.22. The minimum atomic E-state index is -0.380. The number of morpholine rings is 1. The van der Waals surface area contributed by atoms with Crippen LogP contribution in [0.4, 0.5) is 11.5 Å². The molecule has 1 aliphatic heterocycles. The molecular formula is C15H16N4O3S. The summed E-state index contributed by atoms with van der Waals surface area (Å²) >= 11 is 1.54. The first-order valence-electron chi connectivity index (χ1n) is 7.23. The molecule has 1 saturated heterocycles. The number of hydrogen-bond donors (Lipinski definition) is 0. The Labute approximate surface area is 137 Å². The van der Waals surface area contributed by atoms with Crippen molar-refractivity contribution in [2.24, 2.45) is 0 Å². The number of ether oxygens (including phenoxy) is 1. The fraction of sp³-hybridized carbons (Fsp3) is 0.333. The van der Waals surface area contributed by atoms with Gasteiger partial charge in [-0.2, -0.15) is 0 Å². The topological polar surface area (TPSA) is 81.4 Å². The summed E-state index contributed by atoms with van der Waals surface area (Å²) in [4.78, 5) is 21.2. The third-order valence-corrected chi connectivity index (χ3v) is 4.47. The van der Waals surface area contributed by atoms with Crippen molar-refractivity contribution in [3.63, 3.8) is 0 Å². The lowest BCUT2D eigenvalue weighted by Crippen LogP contribution is -2.36. The summed E-state index contributed by atoms with van der Waals surface area (Å²) in [5.41, 5.74) is 1.01. The lowest BCUT2D eigenvalue weighted by atomic mass is 10.2. The maximum absolute atomic E-state index is 10.8. The normalized spacial score (nSPS) is 14.7. The molecule has 0 spiro atoms. The van der Waals surface area contributed by atoms with E-state index in [1.807, 2.05) is 12.1 Å². The van der Waals surface area contributed by atoms with Gasteiger partial charge in [0.15, 0.2) is 0 Å². The molecule has 0 N–H and O–H groups in total. The number of benzene rings is 1. The quantitative estimate of drug-likeness (QED) is 0.360. The van der Waals surface area contributed by atoms with Crippen molar-refractivity contribution in [3.05, 3.63) is 52.3 Å². The molecule has 0 amide bonds. The van der Waals surface area contributed by atoms with Crippen molar-refractivity contribution >= 4 is 23.3 Å². The van der Waals surface area contributed by atoms with Gasteiger partial charge in [0.25, 0.3) is 5.69 Å². The van der Waals surface area contributed by atoms with Gasteiger partial charge < -0.3 is 9.64 Å². The predicted molar refractivity (Wildman–Crippen MR) is 87.7 cm³/mol. The molecule has 0 bridgehead atoms. The van der Waals surface area contributed by atoms with Crippen molar-refractivity contribution in [1.29, 1.82) is 0 Å². The number of hydrogen-bond acceptors (Lipinski definition) is 7. The Morgan fingerprint density at radius 2 is 2.09 bits per heavy atom. The van der Waals surface area contributed by atoms with Crippen LogP contribution in [0.3, 0.4) is 0 Å². The Hall–Kier alpha value is -2.19. The molecule has 120 valence electrons. The van der Waals surface area contributed by atoms with E-state index in [-0.39, 0.29) is 10.6 Å². The van der Waals surface area contributed by atoms with Gasteiger partial charge in [-0.1, -0.05) is 12.1 Å². The highest BCUT2D eigenvalue weighted by molar-refractivity contribution is 7.98. The van der Waals surface area contributed by atoms with Crippen LogP contribution in [-0.2, 0) is 10.5 Å². The zero-order valence-corrected chi connectivity index (χ0v) is 13.2. The number of non-ortho nitro benzene ring substituents is 1. The Morgan fingerprint density at radius 3 is 2.87 bits per heavy atom. The standard InChI is InChI=1S/C15H16N4O3S/c20-19(21)13-3-1-2-12(8-13)10-23-15-9-14(16-11-17-15)18-4-6-22-7-5-18/h1-3,8-9,11H,4-7,10H2. The van der Waals surface area contributed by atoms with Gasteiger partial charge in [-0.25, -0.2) is 9.97 Å². The molecule has 0 radical (unpaired) electrons. The molecule has 1 fully saturated rings. The highest BCUT2D eigenvalue weighted by Gasteiger charge is 2.13. The molecule has 0 unspecified atom stereocenters. The molecule has 0 atom stereocenters. The number of thioether (sulfide) groups is 1. The maximum atomic E-state index is 10.8. The number of nitro benzene ring substituents is 1. The lowest BCUT2D eigenvalue weighted by molar-refractivity contribution is -0.384. The molecule has 2 heterocycles. The zero-order valence-electron chi connectivity index (χ0n) is 12.4. The van der Waals surface area contributed by atoms with Gasteiger partial charge >= 0.3 is 0 Å². The Kier molecular flexibility index (Phi) is 5.04. The summed E-state index contributed by atoms with van der Waals surface area (Å²) in [7, 11) is 0. The van der Waals surface area contributed by atoms with E-state index in [0.717, 1.165) is 29.5 Å². The fourth-order valence-electron chi connectivity index (χ4n) is 2.29. The van der Waals surface area contributed by atoms with Crippen molar-refractivity contribution in [3.8, 4) is 0 Å². The number of nitro groups is 1. The van der Waals surface area contributed by atoms with E-state index >= 15 is 0 Å². The van der Waals surface area contributed by atoms with E-state index in [4.69, 9.17) is 4.74 Å². The van der Waals surface area contributed by atoms with E-state index < -0.39 is 0 Å². The second kappa shape index (κ2) is 7.38. The van der Waals surface area contributed by atoms with Gasteiger partial charge in [-0.15, -0.1) is 11.8 Å². The molecule has 1 aromatic heterocycles. The highest BCUT2D eigenvalue weighted by Crippen LogP contribution is 2.25. The number of aromatic nitrogens is 2. The monoisotopic (exact) mass is 332 g/mol. The smallest absolute Gasteiger partial charge is 0.269 e. The minimum Gasteiger partial charge on any atom is -0.378 e. The molecule has 1 aliphatic rings. The van der Waals surface area contributed by atoms with Gasteiger partial charge in [0.1, 0.15) is 17.2 Å². The second-order valence-electron chi connectivity index (χ2n) is 5.03. The van der Waals surface area contributed by atoms with E-state index in [1.54, 1.807) is 30.2 Å². The van der Waals surface area contributed by atoms with Crippen LogP contribution in [0.5, 0.6) is 0 Å². The van der Waals surface area contributed by atoms with E-state index in [2.05, 4.69) is 14.9 Å². The molecule has 3 rings (SSSR count). The van der Waals surface area contributed by atoms with Crippen LogP contribution < -0.4 is 4.90 Å². The molecule has 0 aliphatic carbocycles. The maximum Gasteiger partial charge on any atom is 0.269 e. The largest absolute Gasteiger partial charge is 0.378 e. The second-order valence-corrected chi connectivity index (χ2v) is 6.03. The Bertz CT molecular complexity index is 692. The molecular weight excluding hydrogens is 316 g/mol. The van der Waals surface area contributed by atoms with Gasteiger partial charge in [-0.3, -0.25) is 10.1 Å². The Morgan fingerprint density at radius 1 is 1.26 bits per heavy atom. The minimum absolute atomic E-state index is 0.111. The van der Waals surface area contributed by atoms with Crippen LogP contribution >= 0.6 is 11.8 Å². The summed E-state index contributed by atoms with van der Waals surface area (Å²) < 4.78 is 5.34. The van der Waals surface area contributed by atoms with Gasteiger partial charge in [-0.05, 0) is 5.56 Å². The molecule has 1 aromatic carbocycles. The zero-order chi connectivity index (χ0) is 16.1. The van der Waals surface area contributed by atoms with Crippen molar-refractivity contribution in [2.75, 3.05) is 31.2 Å². The van der Waals surface area contributed by atoms with E-state index in [0.29, 0.717) is 19.0 Å². The van der Waals surface area contributed by atoms with Crippen LogP contribution in [0.2, 0.25) is 0 Å².